The van der Waals surface area contributed by atoms with Crippen molar-refractivity contribution in [3.8, 4) is 0 Å². The predicted octanol–water partition coefficient (Wildman–Crippen LogP) is 5.73. The Balaban J connectivity index is 1.62. The summed E-state index contributed by atoms with van der Waals surface area (Å²) in [5.41, 5.74) is 2.66. The van der Waals surface area contributed by atoms with Gasteiger partial charge >= 0.3 is 11.9 Å². The van der Waals surface area contributed by atoms with E-state index in [1.165, 1.54) is 6.08 Å². The maximum absolute atomic E-state index is 13.6. The molecule has 0 saturated carbocycles. The summed E-state index contributed by atoms with van der Waals surface area (Å²) in [6.45, 7) is 12.9. The van der Waals surface area contributed by atoms with Gasteiger partial charge in [-0.1, -0.05) is 74.8 Å². The van der Waals surface area contributed by atoms with Gasteiger partial charge in [0.1, 0.15) is 18.2 Å². The molecule has 2 aromatic carbocycles. The molecule has 10 heteroatoms. The molecule has 0 bridgehead atoms. The minimum absolute atomic E-state index is 0.0291. The molecule has 2 heterocycles. The number of amides is 2. The lowest BCUT2D eigenvalue weighted by molar-refractivity contribution is -0.179. The number of benzene rings is 2. The number of carbonyl (C=O) groups excluding carboxylic acids is 4. The Morgan fingerprint density at radius 3 is 2.38 bits per heavy atom. The van der Waals surface area contributed by atoms with Crippen molar-refractivity contribution in [3.63, 3.8) is 0 Å². The molecular formula is C37H47ClN2O7. The summed E-state index contributed by atoms with van der Waals surface area (Å²) < 4.78 is 18.0. The van der Waals surface area contributed by atoms with Crippen molar-refractivity contribution in [2.75, 3.05) is 6.54 Å². The zero-order valence-corrected chi connectivity index (χ0v) is 29.1. The number of ether oxygens (including phenoxy) is 3. The summed E-state index contributed by atoms with van der Waals surface area (Å²) in [7, 11) is 0. The highest BCUT2D eigenvalue weighted by molar-refractivity contribution is 6.31. The molecule has 2 N–H and O–H groups in total. The largest absolute Gasteiger partial charge is 0.459 e. The van der Waals surface area contributed by atoms with Gasteiger partial charge in [-0.3, -0.25) is 14.4 Å². The van der Waals surface area contributed by atoms with Gasteiger partial charge in [-0.05, 0) is 74.4 Å². The standard InChI is InChI=1S/C37H47ClN2O7/c1-21(2)17-30-35(43)45-29(24(5)32-33(47-32)26-12-9-8-11-22(26)3)13-10-14-31(41)40-28(19-25-16-15-23(4)27(38)18-25)34(42)39-20-37(6,7)36(44)46-30/h8-12,14-16,18,21,24,28-30,32-33H,13,17,19-20H2,1-7H3,(H,39,42)(H,40,41)/b14-10+/t24-,28+,29-,30-,32+,33+/m0/s1. The van der Waals surface area contributed by atoms with Crippen LogP contribution in [0.4, 0.5) is 0 Å². The molecule has 0 unspecified atom stereocenters. The molecule has 6 atom stereocenters. The van der Waals surface area contributed by atoms with E-state index >= 15 is 0 Å². The number of aryl methyl sites for hydroxylation is 2. The van der Waals surface area contributed by atoms with Crippen molar-refractivity contribution in [2.24, 2.45) is 17.3 Å². The first kappa shape index (κ1) is 36.2. The first-order chi connectivity index (χ1) is 22.2. The van der Waals surface area contributed by atoms with E-state index in [1.54, 1.807) is 26.0 Å². The number of cyclic esters (lactones) is 2. The fourth-order valence-electron chi connectivity index (χ4n) is 5.64. The number of carbonyl (C=O) groups is 4. The molecule has 4 rings (SSSR count). The summed E-state index contributed by atoms with van der Waals surface area (Å²) in [6, 6.07) is 12.5. The molecule has 2 aromatic rings. The number of epoxide rings is 1. The minimum atomic E-state index is -1.18. The van der Waals surface area contributed by atoms with Crippen LogP contribution in [0, 0.1) is 31.1 Å². The summed E-state index contributed by atoms with van der Waals surface area (Å²) in [5, 5.41) is 6.14. The first-order valence-electron chi connectivity index (χ1n) is 16.3. The Hall–Kier alpha value is -3.69. The van der Waals surface area contributed by atoms with E-state index in [1.807, 2.05) is 71.0 Å². The monoisotopic (exact) mass is 666 g/mol. The van der Waals surface area contributed by atoms with Crippen molar-refractivity contribution in [2.45, 2.75) is 98.2 Å². The molecule has 2 aliphatic rings. The van der Waals surface area contributed by atoms with Crippen LogP contribution in [0.3, 0.4) is 0 Å². The zero-order chi connectivity index (χ0) is 34.5. The predicted molar refractivity (Wildman–Crippen MR) is 180 cm³/mol. The molecule has 2 amide bonds. The normalized spacial score (nSPS) is 26.9. The second-order valence-corrected chi connectivity index (χ2v) is 14.2. The third-order valence-corrected chi connectivity index (χ3v) is 9.20. The van der Waals surface area contributed by atoms with Crippen LogP contribution in [0.1, 0.15) is 75.8 Å². The quantitative estimate of drug-likeness (QED) is 0.286. The fraction of sp³-hybridized carbons (Fsp3) is 0.514. The van der Waals surface area contributed by atoms with E-state index < -0.39 is 47.4 Å². The van der Waals surface area contributed by atoms with E-state index in [0.717, 1.165) is 22.3 Å². The maximum Gasteiger partial charge on any atom is 0.347 e. The van der Waals surface area contributed by atoms with Gasteiger partial charge in [0.05, 0.1) is 11.5 Å². The van der Waals surface area contributed by atoms with Crippen LogP contribution >= 0.6 is 11.6 Å². The third-order valence-electron chi connectivity index (χ3n) is 8.79. The molecule has 9 nitrogen and oxygen atoms in total. The Bertz CT molecular complexity index is 1500. The molecule has 0 spiro atoms. The number of nitrogens with one attached hydrogen (secondary N) is 2. The van der Waals surface area contributed by atoms with Crippen LogP contribution in [-0.4, -0.2) is 54.7 Å². The van der Waals surface area contributed by atoms with Crippen molar-refractivity contribution in [3.05, 3.63) is 81.9 Å². The van der Waals surface area contributed by atoms with E-state index in [4.69, 9.17) is 25.8 Å². The van der Waals surface area contributed by atoms with Gasteiger partial charge in [0.15, 0.2) is 6.10 Å². The topological polar surface area (TPSA) is 123 Å². The van der Waals surface area contributed by atoms with E-state index in [-0.39, 0.29) is 49.9 Å². The molecule has 2 aliphatic heterocycles. The second kappa shape index (κ2) is 15.5. The van der Waals surface area contributed by atoms with Gasteiger partial charge in [-0.15, -0.1) is 0 Å². The molecule has 1 saturated heterocycles. The average Bonchev–Trinajstić information content (AvgIpc) is 3.80. The number of hydrogen-bond donors (Lipinski definition) is 2. The van der Waals surface area contributed by atoms with Crippen molar-refractivity contribution in [1.82, 2.24) is 10.6 Å². The Morgan fingerprint density at radius 2 is 1.70 bits per heavy atom. The lowest BCUT2D eigenvalue weighted by atomic mass is 9.92. The number of esters is 2. The Morgan fingerprint density at radius 1 is 0.979 bits per heavy atom. The van der Waals surface area contributed by atoms with Gasteiger partial charge in [0, 0.05) is 30.3 Å². The number of hydrogen-bond acceptors (Lipinski definition) is 7. The smallest absolute Gasteiger partial charge is 0.347 e. The molecule has 254 valence electrons. The van der Waals surface area contributed by atoms with E-state index in [0.29, 0.717) is 5.02 Å². The van der Waals surface area contributed by atoms with Gasteiger partial charge in [0.2, 0.25) is 11.8 Å². The van der Waals surface area contributed by atoms with E-state index in [2.05, 4.69) is 10.6 Å². The van der Waals surface area contributed by atoms with Crippen LogP contribution in [-0.2, 0) is 39.8 Å². The Kier molecular flexibility index (Phi) is 11.9. The van der Waals surface area contributed by atoms with Gasteiger partial charge < -0.3 is 24.8 Å². The average molecular weight is 667 g/mol. The van der Waals surface area contributed by atoms with Crippen molar-refractivity contribution < 1.29 is 33.4 Å². The molecule has 0 aliphatic carbocycles. The third kappa shape index (κ3) is 9.67. The number of halogens is 1. The maximum atomic E-state index is 13.6. The molecule has 0 radical (unpaired) electrons. The SMILES string of the molecule is Cc1ccc(C[C@H]2NC(=O)/C=C/C[C@@H]([C@H](C)[C@H]3O[C@@H]3c3ccccc3C)OC(=O)[C@H](CC(C)C)OC(=O)C(C)(C)CNC2=O)cc1Cl. The molecule has 1 fully saturated rings. The summed E-state index contributed by atoms with van der Waals surface area (Å²) >= 11 is 6.33. The summed E-state index contributed by atoms with van der Waals surface area (Å²) in [6.07, 6.45) is 1.47. The van der Waals surface area contributed by atoms with Crippen LogP contribution in [0.25, 0.3) is 0 Å². The lowest BCUT2D eigenvalue weighted by Crippen LogP contribution is -2.51. The highest BCUT2D eigenvalue weighted by Gasteiger charge is 2.48. The lowest BCUT2D eigenvalue weighted by Gasteiger charge is -2.29. The summed E-state index contributed by atoms with van der Waals surface area (Å²) in [5.74, 6) is -2.46. The van der Waals surface area contributed by atoms with E-state index in [9.17, 15) is 19.2 Å². The Labute approximate surface area is 282 Å². The minimum Gasteiger partial charge on any atom is -0.459 e. The molecular weight excluding hydrogens is 620 g/mol. The molecule has 0 aromatic heterocycles. The van der Waals surface area contributed by atoms with Crippen LogP contribution in [0.2, 0.25) is 5.02 Å². The van der Waals surface area contributed by atoms with Crippen molar-refractivity contribution >= 4 is 35.4 Å². The number of rotatable bonds is 7. The highest BCUT2D eigenvalue weighted by atomic mass is 35.5. The van der Waals surface area contributed by atoms with Gasteiger partial charge in [-0.2, -0.15) is 0 Å². The summed E-state index contributed by atoms with van der Waals surface area (Å²) in [4.78, 5) is 53.6. The molecule has 47 heavy (non-hydrogen) atoms. The van der Waals surface area contributed by atoms with Crippen LogP contribution < -0.4 is 10.6 Å². The van der Waals surface area contributed by atoms with Crippen LogP contribution in [0.15, 0.2) is 54.6 Å². The fourth-order valence-corrected chi connectivity index (χ4v) is 5.84. The van der Waals surface area contributed by atoms with Crippen LogP contribution in [0.5, 0.6) is 0 Å². The van der Waals surface area contributed by atoms with Gasteiger partial charge in [-0.25, -0.2) is 4.79 Å². The van der Waals surface area contributed by atoms with Crippen molar-refractivity contribution in [1.29, 1.82) is 0 Å². The van der Waals surface area contributed by atoms with Gasteiger partial charge in [0.25, 0.3) is 0 Å². The highest BCUT2D eigenvalue weighted by Crippen LogP contribution is 2.46. The zero-order valence-electron chi connectivity index (χ0n) is 28.3. The first-order valence-corrected chi connectivity index (χ1v) is 16.7. The second-order valence-electron chi connectivity index (χ2n) is 13.8.